The standard InChI is InChI=1S/C17H15N7O3/c1-11-5-2-3-7-13(11)21-15-14(24(26)27)16(20-10-19-15)22-23-17(25)12-6-4-8-18-9-12/h2-10H,1H3,(H,23,25)(H2,19,20,21,22). The van der Waals surface area contributed by atoms with Crippen LogP contribution in [0.1, 0.15) is 15.9 Å². The molecule has 2 aromatic heterocycles. The smallest absolute Gasteiger partial charge is 0.334 e. The molecule has 27 heavy (non-hydrogen) atoms. The van der Waals surface area contributed by atoms with Crippen LogP contribution in [0, 0.1) is 17.0 Å². The molecule has 0 bridgehead atoms. The zero-order valence-electron chi connectivity index (χ0n) is 14.2. The van der Waals surface area contributed by atoms with Gasteiger partial charge in [0.1, 0.15) is 6.33 Å². The zero-order valence-corrected chi connectivity index (χ0v) is 14.2. The highest BCUT2D eigenvalue weighted by Crippen LogP contribution is 2.31. The average molecular weight is 365 g/mol. The van der Waals surface area contributed by atoms with Crippen molar-refractivity contribution in [3.8, 4) is 0 Å². The summed E-state index contributed by atoms with van der Waals surface area (Å²) in [5, 5.41) is 14.5. The number of carbonyl (C=O) groups excluding carboxylic acids is 1. The van der Waals surface area contributed by atoms with Crippen molar-refractivity contribution in [1.82, 2.24) is 20.4 Å². The first-order valence-electron chi connectivity index (χ1n) is 7.84. The van der Waals surface area contributed by atoms with Gasteiger partial charge in [-0.25, -0.2) is 9.97 Å². The van der Waals surface area contributed by atoms with Crippen molar-refractivity contribution in [1.29, 1.82) is 0 Å². The Kier molecular flexibility index (Phi) is 5.17. The summed E-state index contributed by atoms with van der Waals surface area (Å²) in [6.45, 7) is 1.86. The lowest BCUT2D eigenvalue weighted by atomic mass is 10.2. The molecular formula is C17H15N7O3. The summed E-state index contributed by atoms with van der Waals surface area (Å²) in [6, 6.07) is 10.5. The van der Waals surface area contributed by atoms with Crippen molar-refractivity contribution in [3.63, 3.8) is 0 Å². The van der Waals surface area contributed by atoms with Gasteiger partial charge in [-0.2, -0.15) is 0 Å². The molecule has 1 amide bonds. The summed E-state index contributed by atoms with van der Waals surface area (Å²) in [5.41, 5.74) is 6.29. The van der Waals surface area contributed by atoms with Crippen LogP contribution in [0.4, 0.5) is 23.0 Å². The minimum atomic E-state index is -0.626. The molecule has 0 saturated heterocycles. The van der Waals surface area contributed by atoms with E-state index in [1.165, 1.54) is 12.4 Å². The Bertz CT molecular complexity index is 979. The number of anilines is 3. The number of aromatic nitrogens is 3. The van der Waals surface area contributed by atoms with E-state index in [9.17, 15) is 14.9 Å². The fraction of sp³-hybridized carbons (Fsp3) is 0.0588. The topological polar surface area (TPSA) is 135 Å². The molecule has 3 N–H and O–H groups in total. The quantitative estimate of drug-likeness (QED) is 0.448. The lowest BCUT2D eigenvalue weighted by Gasteiger charge is -2.12. The Balaban J connectivity index is 1.84. The van der Waals surface area contributed by atoms with E-state index in [1.807, 2.05) is 19.1 Å². The van der Waals surface area contributed by atoms with Gasteiger partial charge in [-0.1, -0.05) is 18.2 Å². The van der Waals surface area contributed by atoms with Crippen molar-refractivity contribution in [2.75, 3.05) is 10.7 Å². The number of hydrazine groups is 1. The van der Waals surface area contributed by atoms with Gasteiger partial charge < -0.3 is 5.32 Å². The molecule has 3 rings (SSSR count). The van der Waals surface area contributed by atoms with Gasteiger partial charge in [-0.15, -0.1) is 0 Å². The number of aryl methyl sites for hydroxylation is 1. The molecule has 2 heterocycles. The predicted molar refractivity (Wildman–Crippen MR) is 98.5 cm³/mol. The molecule has 0 spiro atoms. The molecule has 10 nitrogen and oxygen atoms in total. The number of hydrogen-bond donors (Lipinski definition) is 3. The normalized spacial score (nSPS) is 10.1. The van der Waals surface area contributed by atoms with E-state index in [2.05, 4.69) is 31.1 Å². The first kappa shape index (κ1) is 17.7. The number of pyridine rings is 1. The van der Waals surface area contributed by atoms with Crippen molar-refractivity contribution in [2.24, 2.45) is 0 Å². The van der Waals surface area contributed by atoms with E-state index < -0.39 is 16.5 Å². The van der Waals surface area contributed by atoms with E-state index >= 15 is 0 Å². The Morgan fingerprint density at radius 3 is 2.59 bits per heavy atom. The molecule has 136 valence electrons. The van der Waals surface area contributed by atoms with Gasteiger partial charge >= 0.3 is 5.69 Å². The van der Waals surface area contributed by atoms with Gasteiger partial charge in [0.15, 0.2) is 0 Å². The van der Waals surface area contributed by atoms with Crippen molar-refractivity contribution >= 4 is 28.9 Å². The number of nitro groups is 1. The Labute approximate surface area is 153 Å². The summed E-state index contributed by atoms with van der Waals surface area (Å²) in [6.07, 6.45) is 4.06. The first-order valence-corrected chi connectivity index (χ1v) is 7.84. The number of hydrogen-bond acceptors (Lipinski definition) is 8. The van der Waals surface area contributed by atoms with Crippen LogP contribution < -0.4 is 16.2 Å². The third-order valence-electron chi connectivity index (χ3n) is 3.62. The van der Waals surface area contributed by atoms with E-state index in [0.29, 0.717) is 11.3 Å². The molecule has 0 atom stereocenters. The highest BCUT2D eigenvalue weighted by molar-refractivity contribution is 5.94. The molecule has 10 heteroatoms. The molecular weight excluding hydrogens is 350 g/mol. The maximum atomic E-state index is 12.1. The summed E-state index contributed by atoms with van der Waals surface area (Å²) >= 11 is 0. The second kappa shape index (κ2) is 7.87. The number of nitrogens with zero attached hydrogens (tertiary/aromatic N) is 4. The molecule has 0 aliphatic rings. The van der Waals surface area contributed by atoms with Gasteiger partial charge in [0, 0.05) is 18.1 Å². The molecule has 0 fully saturated rings. The van der Waals surface area contributed by atoms with Crippen LogP contribution >= 0.6 is 0 Å². The lowest BCUT2D eigenvalue weighted by Crippen LogP contribution is -2.30. The molecule has 0 radical (unpaired) electrons. The number of amides is 1. The van der Waals surface area contributed by atoms with E-state index in [0.717, 1.165) is 11.9 Å². The number of rotatable bonds is 6. The van der Waals surface area contributed by atoms with Crippen molar-refractivity contribution < 1.29 is 9.72 Å². The van der Waals surface area contributed by atoms with Crippen LogP contribution in [0.5, 0.6) is 0 Å². The highest BCUT2D eigenvalue weighted by atomic mass is 16.6. The van der Waals surface area contributed by atoms with Crippen LogP contribution in [0.15, 0.2) is 55.1 Å². The third-order valence-corrected chi connectivity index (χ3v) is 3.62. The largest absolute Gasteiger partial charge is 0.355 e. The summed E-state index contributed by atoms with van der Waals surface area (Å²) in [4.78, 5) is 34.7. The van der Waals surface area contributed by atoms with Gasteiger partial charge in [0.05, 0.1) is 10.5 Å². The Morgan fingerprint density at radius 2 is 1.89 bits per heavy atom. The fourth-order valence-electron chi connectivity index (χ4n) is 2.26. The molecule has 0 saturated carbocycles. The fourth-order valence-corrected chi connectivity index (χ4v) is 2.26. The van der Waals surface area contributed by atoms with E-state index in [1.54, 1.807) is 24.3 Å². The lowest BCUT2D eigenvalue weighted by molar-refractivity contribution is -0.383. The van der Waals surface area contributed by atoms with Crippen LogP contribution in [-0.4, -0.2) is 25.8 Å². The van der Waals surface area contributed by atoms with Gasteiger partial charge in [-0.3, -0.25) is 30.7 Å². The molecule has 1 aromatic carbocycles. The summed E-state index contributed by atoms with van der Waals surface area (Å²) in [7, 11) is 0. The maximum Gasteiger partial charge on any atom is 0.355 e. The van der Waals surface area contributed by atoms with Gasteiger partial charge in [0.2, 0.25) is 11.6 Å². The summed E-state index contributed by atoms with van der Waals surface area (Å²) in [5.74, 6) is -0.657. The minimum Gasteiger partial charge on any atom is -0.334 e. The summed E-state index contributed by atoms with van der Waals surface area (Å²) < 4.78 is 0. The van der Waals surface area contributed by atoms with Crippen LogP contribution in [0.2, 0.25) is 0 Å². The molecule has 3 aromatic rings. The molecule has 0 aliphatic carbocycles. The minimum absolute atomic E-state index is 0.00225. The second-order valence-electron chi connectivity index (χ2n) is 5.44. The monoisotopic (exact) mass is 365 g/mol. The predicted octanol–water partition coefficient (Wildman–Crippen LogP) is 2.59. The number of benzene rings is 1. The third kappa shape index (κ3) is 4.12. The molecule has 0 unspecified atom stereocenters. The SMILES string of the molecule is Cc1ccccc1Nc1ncnc(NNC(=O)c2cccnc2)c1[N+](=O)[O-]. The van der Waals surface area contributed by atoms with Crippen LogP contribution in [0.25, 0.3) is 0 Å². The van der Waals surface area contributed by atoms with Gasteiger partial charge in [0.25, 0.3) is 5.91 Å². The van der Waals surface area contributed by atoms with Crippen molar-refractivity contribution in [3.05, 3.63) is 76.4 Å². The van der Waals surface area contributed by atoms with Gasteiger partial charge in [-0.05, 0) is 30.7 Å². The van der Waals surface area contributed by atoms with Crippen molar-refractivity contribution in [2.45, 2.75) is 6.92 Å². The maximum absolute atomic E-state index is 12.1. The Hall–Kier alpha value is -4.08. The molecule has 0 aliphatic heterocycles. The second-order valence-corrected chi connectivity index (χ2v) is 5.44. The first-order chi connectivity index (χ1) is 13.1. The van der Waals surface area contributed by atoms with E-state index in [-0.39, 0.29) is 11.6 Å². The number of nitrogens with one attached hydrogen (secondary N) is 3. The number of para-hydroxylation sites is 1. The van der Waals surface area contributed by atoms with Crippen LogP contribution in [-0.2, 0) is 0 Å². The average Bonchev–Trinajstić information content (AvgIpc) is 2.68. The zero-order chi connectivity index (χ0) is 19.2. The van der Waals surface area contributed by atoms with Crippen LogP contribution in [0.3, 0.4) is 0 Å². The number of carbonyl (C=O) groups is 1. The Morgan fingerprint density at radius 1 is 1.11 bits per heavy atom. The van der Waals surface area contributed by atoms with E-state index in [4.69, 9.17) is 0 Å². The highest BCUT2D eigenvalue weighted by Gasteiger charge is 2.24.